The minimum Gasteiger partial charge on any atom is -0.461 e. The van der Waals surface area contributed by atoms with Crippen LogP contribution in [0.3, 0.4) is 0 Å². The lowest BCUT2D eigenvalue weighted by molar-refractivity contribution is -0.119. The van der Waals surface area contributed by atoms with Crippen molar-refractivity contribution in [1.29, 1.82) is 0 Å². The summed E-state index contributed by atoms with van der Waals surface area (Å²) in [5.41, 5.74) is 7.25. The van der Waals surface area contributed by atoms with Crippen LogP contribution >= 0.6 is 12.2 Å². The molecule has 1 amide bonds. The van der Waals surface area contributed by atoms with Gasteiger partial charge in [0.05, 0.1) is 24.3 Å². The van der Waals surface area contributed by atoms with Gasteiger partial charge < -0.3 is 20.4 Å². The third-order valence-electron chi connectivity index (χ3n) is 4.54. The number of hydrazone groups is 1. The van der Waals surface area contributed by atoms with E-state index in [1.807, 2.05) is 19.1 Å². The zero-order chi connectivity index (χ0) is 25.3. The van der Waals surface area contributed by atoms with Crippen LogP contribution in [0.4, 0.5) is 5.69 Å². The number of furan rings is 1. The van der Waals surface area contributed by atoms with Crippen molar-refractivity contribution in [3.05, 3.63) is 54.3 Å². The van der Waals surface area contributed by atoms with E-state index in [4.69, 9.17) is 22.4 Å². The van der Waals surface area contributed by atoms with E-state index in [-0.39, 0.29) is 27.1 Å². The molecule has 0 bridgehead atoms. The monoisotopic (exact) mass is 525 g/mol. The molecule has 0 spiro atoms. The fraction of sp³-hybridized carbons (Fsp3) is 0.250. The fourth-order valence-corrected chi connectivity index (χ4v) is 5.80. The number of carbonyl (C=O) groups excluding carboxylic acids is 1. The van der Waals surface area contributed by atoms with Gasteiger partial charge in [0.15, 0.2) is 5.11 Å². The van der Waals surface area contributed by atoms with Crippen molar-refractivity contribution < 1.29 is 26.0 Å². The summed E-state index contributed by atoms with van der Waals surface area (Å²) in [6.07, 6.45) is 7.33. The molecular weight excluding hydrogens is 502 g/mol. The Morgan fingerprint density at radius 1 is 1.15 bits per heavy atom. The van der Waals surface area contributed by atoms with Crippen LogP contribution in [0.15, 0.2) is 58.1 Å². The normalized spacial score (nSPS) is 15.9. The van der Waals surface area contributed by atoms with Crippen LogP contribution in [-0.4, -0.2) is 62.5 Å². The topological polar surface area (TPSA) is 155 Å². The third-order valence-corrected chi connectivity index (χ3v) is 7.69. The number of carbonyl (C=O) groups is 1. The summed E-state index contributed by atoms with van der Waals surface area (Å²) >= 11 is 5.12. The second kappa shape index (κ2) is 9.56. The van der Waals surface area contributed by atoms with Crippen LogP contribution in [0, 0.1) is 6.92 Å². The van der Waals surface area contributed by atoms with E-state index in [2.05, 4.69) is 10.4 Å². The molecule has 0 atom stereocenters. The Bertz CT molecular complexity index is 1390. The van der Waals surface area contributed by atoms with E-state index in [0.717, 1.165) is 23.7 Å². The van der Waals surface area contributed by atoms with Gasteiger partial charge in [-0.05, 0) is 55.6 Å². The number of hydrogen-bond donors (Lipinski definition) is 2. The maximum absolute atomic E-state index is 12.6. The first-order valence-electron chi connectivity index (χ1n) is 9.76. The van der Waals surface area contributed by atoms with E-state index < -0.39 is 26.1 Å². The molecule has 1 aromatic carbocycles. The number of amides is 1. The molecule has 0 radical (unpaired) electrons. The van der Waals surface area contributed by atoms with Crippen molar-refractivity contribution >= 4 is 65.7 Å². The minimum absolute atomic E-state index is 0.0144. The SMILES string of the molecule is Cc1cc2cc(N(CC(=O)NC3C=CC(=NN(S(C)(=O)=O)S(C)(=O)=O)C=C3)C(N)=S)ccc2o1. The predicted octanol–water partition coefficient (Wildman–Crippen LogP) is 0.979. The van der Waals surface area contributed by atoms with Crippen molar-refractivity contribution in [2.45, 2.75) is 13.0 Å². The standard InChI is InChI=1S/C20H23N5O6S3/c1-13-10-14-11-17(8-9-18(14)31-13)24(20(21)32)12-19(26)22-15-4-6-16(7-5-15)23-25(33(2,27)28)34(3,29)30/h4-11,15H,12H2,1-3H3,(H2,21,32)(H,22,26). The summed E-state index contributed by atoms with van der Waals surface area (Å²) in [6, 6.07) is 6.66. The number of anilines is 1. The molecule has 0 saturated heterocycles. The highest BCUT2D eigenvalue weighted by Gasteiger charge is 2.25. The van der Waals surface area contributed by atoms with E-state index >= 15 is 0 Å². The van der Waals surface area contributed by atoms with Gasteiger partial charge in [0.25, 0.3) is 20.0 Å². The molecule has 1 aromatic heterocycles. The van der Waals surface area contributed by atoms with Crippen molar-refractivity contribution in [3.63, 3.8) is 0 Å². The highest BCUT2D eigenvalue weighted by molar-refractivity contribution is 8.03. The molecule has 0 fully saturated rings. The molecule has 1 aliphatic carbocycles. The van der Waals surface area contributed by atoms with Crippen LogP contribution < -0.4 is 16.0 Å². The average Bonchev–Trinajstić information content (AvgIpc) is 3.08. The maximum atomic E-state index is 12.6. The second-order valence-electron chi connectivity index (χ2n) is 7.54. The Balaban J connectivity index is 1.69. The number of rotatable bonds is 7. The number of thiocarbonyl (C=S) groups is 1. The summed E-state index contributed by atoms with van der Waals surface area (Å²) in [5.74, 6) is 0.367. The lowest BCUT2D eigenvalue weighted by Crippen LogP contribution is -2.45. The summed E-state index contributed by atoms with van der Waals surface area (Å²) in [5, 5.41) is 7.28. The molecule has 0 saturated carbocycles. The first kappa shape index (κ1) is 25.4. The van der Waals surface area contributed by atoms with E-state index in [9.17, 15) is 21.6 Å². The Labute approximate surface area is 202 Å². The van der Waals surface area contributed by atoms with Gasteiger partial charge in [0.1, 0.15) is 17.9 Å². The quantitative estimate of drug-likeness (QED) is 0.397. The minimum atomic E-state index is -4.13. The van der Waals surface area contributed by atoms with Crippen molar-refractivity contribution in [3.8, 4) is 0 Å². The lowest BCUT2D eigenvalue weighted by atomic mass is 10.1. The number of benzene rings is 1. The highest BCUT2D eigenvalue weighted by Crippen LogP contribution is 2.25. The molecule has 182 valence electrons. The molecular formula is C20H23N5O6S3. The van der Waals surface area contributed by atoms with Gasteiger partial charge in [0.2, 0.25) is 5.91 Å². The number of allylic oxidation sites excluding steroid dienone is 2. The van der Waals surface area contributed by atoms with Crippen LogP contribution in [-0.2, 0) is 24.8 Å². The highest BCUT2D eigenvalue weighted by atomic mass is 32.3. The zero-order valence-corrected chi connectivity index (χ0v) is 20.9. The summed E-state index contributed by atoms with van der Waals surface area (Å²) in [6.45, 7) is 1.69. The smallest absolute Gasteiger partial charge is 0.260 e. The first-order chi connectivity index (χ1) is 15.7. The summed E-state index contributed by atoms with van der Waals surface area (Å²) in [7, 11) is -8.26. The molecule has 1 aliphatic rings. The van der Waals surface area contributed by atoms with Gasteiger partial charge >= 0.3 is 0 Å². The van der Waals surface area contributed by atoms with E-state index in [1.54, 1.807) is 12.1 Å². The number of nitrogens with zero attached hydrogens (tertiary/aromatic N) is 3. The van der Waals surface area contributed by atoms with Crippen LogP contribution in [0.1, 0.15) is 5.76 Å². The van der Waals surface area contributed by atoms with Crippen molar-refractivity contribution in [1.82, 2.24) is 9.14 Å². The largest absolute Gasteiger partial charge is 0.461 e. The molecule has 1 heterocycles. The van der Waals surface area contributed by atoms with Crippen molar-refractivity contribution in [2.75, 3.05) is 24.0 Å². The fourth-order valence-electron chi connectivity index (χ4n) is 3.18. The van der Waals surface area contributed by atoms with Crippen molar-refractivity contribution in [2.24, 2.45) is 10.8 Å². The third kappa shape index (κ3) is 6.21. The molecule has 3 rings (SSSR count). The number of fused-ring (bicyclic) bond motifs is 1. The van der Waals surface area contributed by atoms with Gasteiger partial charge in [-0.2, -0.15) is 0 Å². The lowest BCUT2D eigenvalue weighted by Gasteiger charge is -2.23. The molecule has 11 nitrogen and oxygen atoms in total. The molecule has 0 unspecified atom stereocenters. The van der Waals surface area contributed by atoms with Crippen LogP contribution in [0.25, 0.3) is 11.0 Å². The van der Waals surface area contributed by atoms with Crippen LogP contribution in [0.2, 0.25) is 0 Å². The molecule has 3 N–H and O–H groups in total. The molecule has 14 heteroatoms. The number of nitrogens with one attached hydrogen (secondary N) is 1. The van der Waals surface area contributed by atoms with Gasteiger partial charge in [-0.1, -0.05) is 16.0 Å². The zero-order valence-electron chi connectivity index (χ0n) is 18.5. The van der Waals surface area contributed by atoms with E-state index in [1.165, 1.54) is 29.2 Å². The number of nitrogens with two attached hydrogens (primary N) is 1. The van der Waals surface area contributed by atoms with Gasteiger partial charge in [0, 0.05) is 11.1 Å². The Kier molecular flexibility index (Phi) is 7.14. The summed E-state index contributed by atoms with van der Waals surface area (Å²) in [4.78, 5) is 14.1. The number of sulfonamides is 2. The second-order valence-corrected chi connectivity index (χ2v) is 11.8. The number of hydrogen-bond acceptors (Lipinski definition) is 8. The van der Waals surface area contributed by atoms with Gasteiger partial charge in [-0.25, -0.2) is 16.8 Å². The Hall–Kier alpha value is -3.23. The van der Waals surface area contributed by atoms with Gasteiger partial charge in [-0.3, -0.25) is 4.79 Å². The average molecular weight is 526 g/mol. The Morgan fingerprint density at radius 3 is 2.32 bits per heavy atom. The maximum Gasteiger partial charge on any atom is 0.260 e. The molecule has 2 aromatic rings. The van der Waals surface area contributed by atoms with Gasteiger partial charge in [-0.15, -0.1) is 5.10 Å². The van der Waals surface area contributed by atoms with Crippen LogP contribution in [0.5, 0.6) is 0 Å². The molecule has 0 aliphatic heterocycles. The molecule has 34 heavy (non-hydrogen) atoms. The number of aryl methyl sites for hydroxylation is 1. The first-order valence-corrected chi connectivity index (χ1v) is 13.9. The predicted molar refractivity (Wildman–Crippen MR) is 134 cm³/mol. The Morgan fingerprint density at radius 2 is 1.76 bits per heavy atom. The van der Waals surface area contributed by atoms with E-state index in [0.29, 0.717) is 11.3 Å². The summed E-state index contributed by atoms with van der Waals surface area (Å²) < 4.78 is 52.5.